The van der Waals surface area contributed by atoms with Crippen LogP contribution in [0.15, 0.2) is 24.3 Å². The van der Waals surface area contributed by atoms with Crippen LogP contribution >= 0.6 is 0 Å². The summed E-state index contributed by atoms with van der Waals surface area (Å²) in [5.74, 6) is -0.775. The van der Waals surface area contributed by atoms with Gasteiger partial charge in [0.2, 0.25) is 0 Å². The fraction of sp³-hybridized carbons (Fsp3) is 0.471. The lowest BCUT2D eigenvalue weighted by Crippen LogP contribution is -2.35. The van der Waals surface area contributed by atoms with Crippen LogP contribution in [0.2, 0.25) is 0 Å². The highest BCUT2D eigenvalue weighted by atomic mass is 16.4. The van der Waals surface area contributed by atoms with Crippen LogP contribution < -0.4 is 0 Å². The average Bonchev–Trinajstić information content (AvgIpc) is 3.29. The Morgan fingerprint density at radius 1 is 1.43 bits per heavy atom. The molecule has 21 heavy (non-hydrogen) atoms. The summed E-state index contributed by atoms with van der Waals surface area (Å²) in [4.78, 5) is 27.3. The van der Waals surface area contributed by atoms with E-state index >= 15 is 0 Å². The largest absolute Gasteiger partial charge is 0.481 e. The molecule has 0 amide bonds. The number of carboxylic acid groups (broad SMARTS) is 1. The van der Waals surface area contributed by atoms with Crippen molar-refractivity contribution < 1.29 is 14.7 Å². The number of benzene rings is 1. The molecule has 0 heterocycles. The highest BCUT2D eigenvalue weighted by Gasteiger charge is 2.50. The molecule has 0 saturated heterocycles. The summed E-state index contributed by atoms with van der Waals surface area (Å²) in [7, 11) is 0. The van der Waals surface area contributed by atoms with Gasteiger partial charge in [0.1, 0.15) is 5.78 Å². The molecule has 1 saturated carbocycles. The molecule has 0 aromatic heterocycles. The second-order valence-corrected chi connectivity index (χ2v) is 5.76. The number of carbonyl (C=O) groups excluding carboxylic acids is 1. The Labute approximate surface area is 124 Å². The second-order valence-electron chi connectivity index (χ2n) is 5.76. The van der Waals surface area contributed by atoms with Crippen molar-refractivity contribution in [2.24, 2.45) is 11.3 Å². The summed E-state index contributed by atoms with van der Waals surface area (Å²) in [5.41, 5.74) is 0.385. The minimum Gasteiger partial charge on any atom is -0.481 e. The SMILES string of the molecule is [C-]#[N+]c1cccc(CC(=O)C[C@](CC)(C(=O)O)C2CC2)c1. The van der Waals surface area contributed by atoms with Crippen LogP contribution in [0.4, 0.5) is 5.69 Å². The van der Waals surface area contributed by atoms with Crippen molar-refractivity contribution in [1.29, 1.82) is 0 Å². The molecule has 4 heteroatoms. The average molecular weight is 285 g/mol. The van der Waals surface area contributed by atoms with Crippen molar-refractivity contribution in [2.45, 2.75) is 39.0 Å². The minimum atomic E-state index is -0.894. The molecule has 2 rings (SSSR count). The topological polar surface area (TPSA) is 58.7 Å². The monoisotopic (exact) mass is 285 g/mol. The maximum Gasteiger partial charge on any atom is 0.310 e. The van der Waals surface area contributed by atoms with Crippen molar-refractivity contribution in [2.75, 3.05) is 0 Å². The first-order valence-corrected chi connectivity index (χ1v) is 7.23. The van der Waals surface area contributed by atoms with Crippen molar-refractivity contribution in [3.05, 3.63) is 41.2 Å². The van der Waals surface area contributed by atoms with Gasteiger partial charge in [-0.05, 0) is 25.2 Å². The molecule has 1 fully saturated rings. The number of aliphatic carboxylic acids is 1. The molecule has 110 valence electrons. The predicted octanol–water partition coefficient (Wildman–Crippen LogP) is 3.63. The van der Waals surface area contributed by atoms with E-state index in [4.69, 9.17) is 6.57 Å². The molecule has 1 N–H and O–H groups in total. The minimum absolute atomic E-state index is 0.0618. The van der Waals surface area contributed by atoms with Gasteiger partial charge in [-0.15, -0.1) is 0 Å². The highest BCUT2D eigenvalue weighted by Crippen LogP contribution is 2.50. The van der Waals surface area contributed by atoms with E-state index in [1.54, 1.807) is 24.3 Å². The molecule has 1 aliphatic rings. The number of rotatable bonds is 7. The van der Waals surface area contributed by atoms with Crippen LogP contribution in [-0.2, 0) is 16.0 Å². The van der Waals surface area contributed by atoms with Gasteiger partial charge in [-0.25, -0.2) is 4.85 Å². The number of hydrogen-bond donors (Lipinski definition) is 1. The predicted molar refractivity (Wildman–Crippen MR) is 79.1 cm³/mol. The van der Waals surface area contributed by atoms with Gasteiger partial charge in [-0.2, -0.15) is 0 Å². The Bertz CT molecular complexity index is 598. The molecule has 0 radical (unpaired) electrons. The van der Waals surface area contributed by atoms with Crippen molar-refractivity contribution in [3.63, 3.8) is 0 Å². The van der Waals surface area contributed by atoms with Crippen molar-refractivity contribution in [1.82, 2.24) is 0 Å². The smallest absolute Gasteiger partial charge is 0.310 e. The van der Waals surface area contributed by atoms with Crippen molar-refractivity contribution >= 4 is 17.4 Å². The molecule has 0 spiro atoms. The van der Waals surface area contributed by atoms with Gasteiger partial charge in [0.15, 0.2) is 5.69 Å². The molecule has 0 bridgehead atoms. The molecule has 4 nitrogen and oxygen atoms in total. The first-order chi connectivity index (χ1) is 10.0. The fourth-order valence-electron chi connectivity index (χ4n) is 2.97. The second kappa shape index (κ2) is 6.09. The van der Waals surface area contributed by atoms with E-state index in [0.717, 1.165) is 18.4 Å². The first-order valence-electron chi connectivity index (χ1n) is 7.23. The van der Waals surface area contributed by atoms with Gasteiger partial charge in [0.25, 0.3) is 0 Å². The molecule has 1 aromatic carbocycles. The third-order valence-electron chi connectivity index (χ3n) is 4.37. The normalized spacial score (nSPS) is 16.8. The Morgan fingerprint density at radius 3 is 2.67 bits per heavy atom. The Morgan fingerprint density at radius 2 is 2.14 bits per heavy atom. The molecule has 1 aliphatic carbocycles. The van der Waals surface area contributed by atoms with Crippen LogP contribution in [-0.4, -0.2) is 16.9 Å². The van der Waals surface area contributed by atoms with Crippen LogP contribution in [0.1, 0.15) is 38.2 Å². The fourth-order valence-corrected chi connectivity index (χ4v) is 2.97. The molecule has 1 atom stereocenters. The summed E-state index contributed by atoms with van der Waals surface area (Å²) in [6, 6.07) is 6.94. The summed E-state index contributed by atoms with van der Waals surface area (Å²) in [5, 5.41) is 9.54. The number of hydrogen-bond acceptors (Lipinski definition) is 2. The number of ketones is 1. The van der Waals surface area contributed by atoms with Gasteiger partial charge in [0, 0.05) is 12.8 Å². The van der Waals surface area contributed by atoms with E-state index in [1.807, 2.05) is 6.92 Å². The maximum absolute atomic E-state index is 12.3. The third kappa shape index (κ3) is 3.30. The summed E-state index contributed by atoms with van der Waals surface area (Å²) in [6.45, 7) is 8.83. The van der Waals surface area contributed by atoms with Crippen molar-refractivity contribution in [3.8, 4) is 0 Å². The van der Waals surface area contributed by atoms with Gasteiger partial charge in [-0.3, -0.25) is 9.59 Å². The summed E-state index contributed by atoms with van der Waals surface area (Å²) in [6.07, 6.45) is 2.58. The van der Waals surface area contributed by atoms with Crippen LogP contribution in [0.25, 0.3) is 4.85 Å². The van der Waals surface area contributed by atoms with Crippen LogP contribution in [0.3, 0.4) is 0 Å². The lowest BCUT2D eigenvalue weighted by atomic mass is 9.75. The van der Waals surface area contributed by atoms with E-state index in [1.165, 1.54) is 0 Å². The maximum atomic E-state index is 12.3. The quantitative estimate of drug-likeness (QED) is 0.778. The summed E-state index contributed by atoms with van der Waals surface area (Å²) < 4.78 is 0. The van der Waals surface area contributed by atoms with E-state index in [2.05, 4.69) is 4.85 Å². The first kappa shape index (κ1) is 15.2. The lowest BCUT2D eigenvalue weighted by molar-refractivity contribution is -0.153. The molecule has 1 aromatic rings. The number of Topliss-reactive ketones (excluding diaryl/α,β-unsaturated/α-hetero) is 1. The zero-order chi connectivity index (χ0) is 15.5. The van der Waals surface area contributed by atoms with Gasteiger partial charge >= 0.3 is 5.97 Å². The van der Waals surface area contributed by atoms with E-state index < -0.39 is 11.4 Å². The Balaban J connectivity index is 2.09. The molecular weight excluding hydrogens is 266 g/mol. The van der Waals surface area contributed by atoms with Gasteiger partial charge in [-0.1, -0.05) is 36.8 Å². The zero-order valence-corrected chi connectivity index (χ0v) is 12.1. The number of nitrogens with zero attached hydrogens (tertiary/aromatic N) is 1. The lowest BCUT2D eigenvalue weighted by Gasteiger charge is -2.27. The van der Waals surface area contributed by atoms with E-state index in [9.17, 15) is 14.7 Å². The standard InChI is InChI=1S/C17H19NO3/c1-3-17(16(20)21,13-7-8-13)11-15(19)10-12-5-4-6-14(9-12)18-2/h4-6,9,13H,3,7-8,10-11H2,1H3,(H,20,21)/t17-/m0/s1. The molecule has 0 unspecified atom stereocenters. The van der Waals surface area contributed by atoms with Crippen LogP contribution in [0.5, 0.6) is 0 Å². The third-order valence-corrected chi connectivity index (χ3v) is 4.37. The number of carboxylic acids is 1. The van der Waals surface area contributed by atoms with Gasteiger partial charge < -0.3 is 5.11 Å². The summed E-state index contributed by atoms with van der Waals surface area (Å²) >= 11 is 0. The Kier molecular flexibility index (Phi) is 4.42. The van der Waals surface area contributed by atoms with E-state index in [0.29, 0.717) is 12.1 Å². The van der Waals surface area contributed by atoms with Gasteiger partial charge in [0.05, 0.1) is 12.0 Å². The van der Waals surface area contributed by atoms with E-state index in [-0.39, 0.29) is 24.5 Å². The van der Waals surface area contributed by atoms with Crippen LogP contribution in [0, 0.1) is 17.9 Å². The number of carbonyl (C=O) groups is 2. The molecule has 0 aliphatic heterocycles. The zero-order valence-electron chi connectivity index (χ0n) is 12.1. The molecular formula is C17H19NO3. The Hall–Kier alpha value is -2.15. The highest BCUT2D eigenvalue weighted by molar-refractivity contribution is 5.88.